The molecule has 1 aromatic carbocycles. The standard InChI is InChI=1S/C7H8O3S.Na/c1-6-3-2-4-7(5-6)11(8,9)10;/h2-5H,1H3,(H,8,9,10);/q;+1/p-1. The first-order valence-corrected chi connectivity index (χ1v) is 4.43. The van der Waals surface area contributed by atoms with Crippen molar-refractivity contribution in [1.29, 1.82) is 0 Å². The summed E-state index contributed by atoms with van der Waals surface area (Å²) < 4.78 is 31.3. The fraction of sp³-hybridized carbons (Fsp3) is 0.143. The molecule has 1 rings (SSSR count). The Hall–Kier alpha value is 0.130. The Bertz CT molecular complexity index is 359. The van der Waals surface area contributed by atoms with Crippen molar-refractivity contribution >= 4 is 10.1 Å². The Morgan fingerprint density at radius 1 is 1.33 bits per heavy atom. The summed E-state index contributed by atoms with van der Waals surface area (Å²) in [7, 11) is -4.28. The molecule has 0 heterocycles. The molecule has 0 amide bonds. The molecule has 12 heavy (non-hydrogen) atoms. The quantitative estimate of drug-likeness (QED) is 0.380. The first kappa shape index (κ1) is 12.1. The molecule has 0 unspecified atom stereocenters. The van der Waals surface area contributed by atoms with E-state index in [0.29, 0.717) is 0 Å². The molecule has 0 aliphatic carbocycles. The monoisotopic (exact) mass is 194 g/mol. The zero-order valence-corrected chi connectivity index (χ0v) is 9.76. The van der Waals surface area contributed by atoms with E-state index in [0.717, 1.165) is 5.56 Å². The maximum atomic E-state index is 10.4. The second-order valence-corrected chi connectivity index (χ2v) is 3.65. The molecule has 60 valence electrons. The molecule has 3 nitrogen and oxygen atoms in total. The Kier molecular flexibility index (Phi) is 4.44. The molecule has 0 spiro atoms. The molecule has 0 saturated carbocycles. The predicted molar refractivity (Wildman–Crippen MR) is 39.1 cm³/mol. The van der Waals surface area contributed by atoms with E-state index in [2.05, 4.69) is 0 Å². The van der Waals surface area contributed by atoms with Crippen LogP contribution in [-0.4, -0.2) is 13.0 Å². The van der Waals surface area contributed by atoms with Gasteiger partial charge < -0.3 is 4.55 Å². The van der Waals surface area contributed by atoms with Gasteiger partial charge in [0.05, 0.1) is 4.90 Å². The van der Waals surface area contributed by atoms with E-state index < -0.39 is 10.1 Å². The zero-order chi connectivity index (χ0) is 8.48. The molecule has 0 saturated heterocycles. The first-order valence-electron chi connectivity index (χ1n) is 3.03. The van der Waals surface area contributed by atoms with Crippen molar-refractivity contribution in [3.8, 4) is 0 Å². The Morgan fingerprint density at radius 3 is 2.25 bits per heavy atom. The van der Waals surface area contributed by atoms with E-state index in [9.17, 15) is 13.0 Å². The topological polar surface area (TPSA) is 57.2 Å². The minimum Gasteiger partial charge on any atom is -0.744 e. The van der Waals surface area contributed by atoms with Gasteiger partial charge in [0.15, 0.2) is 0 Å². The second kappa shape index (κ2) is 4.39. The summed E-state index contributed by atoms with van der Waals surface area (Å²) in [6.07, 6.45) is 0. The molecule has 0 N–H and O–H groups in total. The maximum Gasteiger partial charge on any atom is 1.00 e. The van der Waals surface area contributed by atoms with Crippen LogP contribution in [0.5, 0.6) is 0 Å². The summed E-state index contributed by atoms with van der Waals surface area (Å²) in [5, 5.41) is 0. The smallest absolute Gasteiger partial charge is 0.744 e. The molecule has 0 fully saturated rings. The molecule has 0 aliphatic heterocycles. The summed E-state index contributed by atoms with van der Waals surface area (Å²) in [4.78, 5) is -0.169. The van der Waals surface area contributed by atoms with Crippen molar-refractivity contribution in [2.75, 3.05) is 0 Å². The van der Waals surface area contributed by atoms with Gasteiger partial charge in [-0.05, 0) is 24.6 Å². The van der Waals surface area contributed by atoms with Gasteiger partial charge in [0, 0.05) is 0 Å². The summed E-state index contributed by atoms with van der Waals surface area (Å²) in [6.45, 7) is 1.73. The van der Waals surface area contributed by atoms with Gasteiger partial charge in [0.25, 0.3) is 0 Å². The van der Waals surface area contributed by atoms with Crippen molar-refractivity contribution < 1.29 is 42.5 Å². The molecule has 0 radical (unpaired) electrons. The Morgan fingerprint density at radius 2 is 1.92 bits per heavy atom. The van der Waals surface area contributed by atoms with Gasteiger partial charge in [-0.1, -0.05) is 12.1 Å². The van der Waals surface area contributed by atoms with E-state index >= 15 is 0 Å². The van der Waals surface area contributed by atoms with Crippen molar-refractivity contribution in [2.45, 2.75) is 11.8 Å². The third-order valence-corrected chi connectivity index (χ3v) is 2.11. The van der Waals surface area contributed by atoms with Gasteiger partial charge >= 0.3 is 29.6 Å². The molecule has 0 bridgehead atoms. The van der Waals surface area contributed by atoms with E-state index in [1.807, 2.05) is 0 Å². The van der Waals surface area contributed by atoms with Crippen LogP contribution in [0.25, 0.3) is 0 Å². The molecule has 1 aromatic rings. The third-order valence-electron chi connectivity index (χ3n) is 1.28. The van der Waals surface area contributed by atoms with Crippen LogP contribution in [0.2, 0.25) is 0 Å². The molecule has 5 heteroatoms. The third kappa shape index (κ3) is 3.25. The first-order chi connectivity index (χ1) is 5.00. The fourth-order valence-corrected chi connectivity index (χ4v) is 1.35. The number of rotatable bonds is 1. The van der Waals surface area contributed by atoms with Crippen molar-refractivity contribution in [1.82, 2.24) is 0 Å². The van der Waals surface area contributed by atoms with Crippen LogP contribution in [0.1, 0.15) is 5.56 Å². The molecule has 0 aliphatic rings. The minimum atomic E-state index is -4.28. The summed E-state index contributed by atoms with van der Waals surface area (Å²) in [6, 6.07) is 5.91. The van der Waals surface area contributed by atoms with Crippen molar-refractivity contribution in [2.24, 2.45) is 0 Å². The van der Waals surface area contributed by atoms with E-state index in [1.54, 1.807) is 19.1 Å². The van der Waals surface area contributed by atoms with E-state index in [1.165, 1.54) is 12.1 Å². The summed E-state index contributed by atoms with van der Waals surface area (Å²) in [5.74, 6) is 0. The van der Waals surface area contributed by atoms with Crippen LogP contribution in [-0.2, 0) is 10.1 Å². The van der Waals surface area contributed by atoms with Gasteiger partial charge in [-0.3, -0.25) is 0 Å². The van der Waals surface area contributed by atoms with Crippen LogP contribution in [0.4, 0.5) is 0 Å². The summed E-state index contributed by atoms with van der Waals surface area (Å²) in [5.41, 5.74) is 0.766. The number of hydrogen-bond donors (Lipinski definition) is 0. The normalized spacial score (nSPS) is 10.5. The van der Waals surface area contributed by atoms with Crippen LogP contribution in [0.3, 0.4) is 0 Å². The van der Waals surface area contributed by atoms with Crippen LogP contribution in [0, 0.1) is 6.92 Å². The van der Waals surface area contributed by atoms with Gasteiger partial charge in [-0.25, -0.2) is 8.42 Å². The van der Waals surface area contributed by atoms with E-state index in [4.69, 9.17) is 0 Å². The van der Waals surface area contributed by atoms with Crippen LogP contribution >= 0.6 is 0 Å². The minimum absolute atomic E-state index is 0. The average molecular weight is 194 g/mol. The molecule has 0 atom stereocenters. The van der Waals surface area contributed by atoms with Crippen molar-refractivity contribution in [3.63, 3.8) is 0 Å². The van der Waals surface area contributed by atoms with Crippen molar-refractivity contribution in [3.05, 3.63) is 29.8 Å². The fourth-order valence-electron chi connectivity index (χ4n) is 0.771. The molecular weight excluding hydrogens is 187 g/mol. The van der Waals surface area contributed by atoms with E-state index in [-0.39, 0.29) is 34.5 Å². The number of aryl methyl sites for hydroxylation is 1. The largest absolute Gasteiger partial charge is 1.00 e. The second-order valence-electron chi connectivity index (χ2n) is 2.27. The van der Waals surface area contributed by atoms with Crippen LogP contribution in [0.15, 0.2) is 29.2 Å². The van der Waals surface area contributed by atoms with Gasteiger partial charge in [-0.2, -0.15) is 0 Å². The SMILES string of the molecule is Cc1cccc(S(=O)(=O)[O-])c1.[Na+]. The number of hydrogen-bond acceptors (Lipinski definition) is 3. The predicted octanol–water partition coefficient (Wildman–Crippen LogP) is -2.10. The maximum absolute atomic E-state index is 10.4. The number of benzene rings is 1. The van der Waals surface area contributed by atoms with Crippen LogP contribution < -0.4 is 29.6 Å². The van der Waals surface area contributed by atoms with Gasteiger partial charge in [-0.15, -0.1) is 0 Å². The Labute approximate surface area is 93.8 Å². The zero-order valence-electron chi connectivity index (χ0n) is 6.94. The molecule has 0 aromatic heterocycles. The Balaban J connectivity index is 0.00000121. The molecular formula is C7H7NaO3S. The van der Waals surface area contributed by atoms with Gasteiger partial charge in [0.2, 0.25) is 0 Å². The van der Waals surface area contributed by atoms with Gasteiger partial charge in [0.1, 0.15) is 10.1 Å². The summed E-state index contributed by atoms with van der Waals surface area (Å²) >= 11 is 0. The average Bonchev–Trinajstić information content (AvgIpc) is 1.86.